The summed E-state index contributed by atoms with van der Waals surface area (Å²) in [6.07, 6.45) is 0. The van der Waals surface area contributed by atoms with Crippen LogP contribution in [0.4, 0.5) is 8.78 Å². The fourth-order valence-electron chi connectivity index (χ4n) is 1.66. The number of aliphatic carboxylic acids is 1. The Morgan fingerprint density at radius 1 is 1.33 bits per heavy atom. The molecule has 0 radical (unpaired) electrons. The number of benzene rings is 1. The molecule has 0 heterocycles. The summed E-state index contributed by atoms with van der Waals surface area (Å²) >= 11 is 0. The quantitative estimate of drug-likeness (QED) is 0.804. The molecule has 0 aliphatic heterocycles. The number of rotatable bonds is 7. The Bertz CT molecular complexity index is 521. The highest BCUT2D eigenvalue weighted by Crippen LogP contribution is 2.32. The maximum Gasteiger partial charge on any atom is 0.387 e. The van der Waals surface area contributed by atoms with Gasteiger partial charge in [0.2, 0.25) is 5.91 Å². The first kappa shape index (κ1) is 16.7. The van der Waals surface area contributed by atoms with Crippen LogP contribution in [-0.4, -0.2) is 30.2 Å². The first-order valence-electron chi connectivity index (χ1n) is 6.06. The Morgan fingerprint density at radius 3 is 2.48 bits per heavy atom. The zero-order chi connectivity index (χ0) is 16.0. The molecule has 1 rings (SSSR count). The Balaban J connectivity index is 3.15. The van der Waals surface area contributed by atoms with Gasteiger partial charge in [-0.1, -0.05) is 6.07 Å². The number of alkyl halides is 2. The smallest absolute Gasteiger partial charge is 0.387 e. The lowest BCUT2D eigenvalue weighted by atomic mass is 10.1. The highest BCUT2D eigenvalue weighted by atomic mass is 19.3. The number of carboxylic acid groups (broad SMARTS) is 1. The minimum absolute atomic E-state index is 0.0214. The Morgan fingerprint density at radius 2 is 2.00 bits per heavy atom. The third kappa shape index (κ3) is 4.90. The number of nitrogens with one attached hydrogen (secondary N) is 1. The highest BCUT2D eigenvalue weighted by molar-refractivity contribution is 5.83. The van der Waals surface area contributed by atoms with Gasteiger partial charge in [-0.25, -0.2) is 4.79 Å². The molecule has 1 amide bonds. The largest absolute Gasteiger partial charge is 0.490 e. The van der Waals surface area contributed by atoms with Crippen LogP contribution < -0.4 is 14.8 Å². The third-order valence-corrected chi connectivity index (χ3v) is 2.41. The van der Waals surface area contributed by atoms with Crippen LogP contribution in [0.3, 0.4) is 0 Å². The molecule has 1 unspecified atom stereocenters. The maximum absolute atomic E-state index is 12.3. The Kier molecular flexibility index (Phi) is 5.89. The molecule has 2 N–H and O–H groups in total. The molecule has 0 aromatic heterocycles. The minimum Gasteiger partial charge on any atom is -0.490 e. The zero-order valence-electron chi connectivity index (χ0n) is 11.4. The SMILES string of the molecule is CCOc1cc(C(NC(C)=O)C(=O)O)ccc1OC(F)F. The lowest BCUT2D eigenvalue weighted by Crippen LogP contribution is -2.32. The van der Waals surface area contributed by atoms with Crippen LogP contribution in [0.25, 0.3) is 0 Å². The predicted molar refractivity (Wildman–Crippen MR) is 68.4 cm³/mol. The molecule has 1 aromatic carbocycles. The van der Waals surface area contributed by atoms with Gasteiger partial charge in [0.1, 0.15) is 0 Å². The number of amides is 1. The van der Waals surface area contributed by atoms with Crippen molar-refractivity contribution in [3.05, 3.63) is 23.8 Å². The molecular formula is C13H15F2NO5. The molecule has 8 heteroatoms. The molecule has 0 bridgehead atoms. The summed E-state index contributed by atoms with van der Waals surface area (Å²) in [6, 6.07) is 2.39. The van der Waals surface area contributed by atoms with E-state index in [1.165, 1.54) is 25.1 Å². The number of ether oxygens (including phenoxy) is 2. The van der Waals surface area contributed by atoms with Crippen molar-refractivity contribution in [2.75, 3.05) is 6.61 Å². The fourth-order valence-corrected chi connectivity index (χ4v) is 1.66. The van der Waals surface area contributed by atoms with E-state index in [9.17, 15) is 18.4 Å². The van der Waals surface area contributed by atoms with E-state index in [2.05, 4.69) is 10.1 Å². The molecule has 0 aliphatic carbocycles. The number of hydrogen-bond acceptors (Lipinski definition) is 4. The first-order chi connectivity index (χ1) is 9.85. The summed E-state index contributed by atoms with van der Waals surface area (Å²) in [5.74, 6) is -2.04. The van der Waals surface area contributed by atoms with E-state index in [4.69, 9.17) is 9.84 Å². The number of carbonyl (C=O) groups is 2. The van der Waals surface area contributed by atoms with Gasteiger partial charge in [-0.2, -0.15) is 8.78 Å². The van der Waals surface area contributed by atoms with Gasteiger partial charge in [-0.3, -0.25) is 4.79 Å². The van der Waals surface area contributed by atoms with Crippen LogP contribution in [0.15, 0.2) is 18.2 Å². The number of carbonyl (C=O) groups excluding carboxylic acids is 1. The van der Waals surface area contributed by atoms with E-state index in [1.807, 2.05) is 0 Å². The summed E-state index contributed by atoms with van der Waals surface area (Å²) in [5, 5.41) is 11.3. The molecule has 0 spiro atoms. The van der Waals surface area contributed by atoms with Gasteiger partial charge >= 0.3 is 12.6 Å². The summed E-state index contributed by atoms with van der Waals surface area (Å²) < 4.78 is 34.0. The summed E-state index contributed by atoms with van der Waals surface area (Å²) in [5.41, 5.74) is 0.183. The van der Waals surface area contributed by atoms with Crippen molar-refractivity contribution in [2.45, 2.75) is 26.5 Å². The lowest BCUT2D eigenvalue weighted by molar-refractivity contribution is -0.141. The molecular weight excluding hydrogens is 288 g/mol. The van der Waals surface area contributed by atoms with E-state index in [0.29, 0.717) is 0 Å². The van der Waals surface area contributed by atoms with E-state index in [-0.39, 0.29) is 23.7 Å². The minimum atomic E-state index is -3.03. The van der Waals surface area contributed by atoms with Crippen LogP contribution in [0.1, 0.15) is 25.5 Å². The Hall–Kier alpha value is -2.38. The topological polar surface area (TPSA) is 84.9 Å². The monoisotopic (exact) mass is 303 g/mol. The van der Waals surface area contributed by atoms with Gasteiger partial charge in [-0.05, 0) is 24.6 Å². The average molecular weight is 303 g/mol. The van der Waals surface area contributed by atoms with Gasteiger partial charge in [0.05, 0.1) is 6.61 Å². The summed E-state index contributed by atoms with van der Waals surface area (Å²) in [7, 11) is 0. The van der Waals surface area contributed by atoms with Crippen molar-refractivity contribution in [3.8, 4) is 11.5 Å². The molecule has 0 fully saturated rings. The van der Waals surface area contributed by atoms with Gasteiger partial charge in [-0.15, -0.1) is 0 Å². The van der Waals surface area contributed by atoms with E-state index in [0.717, 1.165) is 0 Å². The van der Waals surface area contributed by atoms with Gasteiger partial charge < -0.3 is 19.9 Å². The molecule has 6 nitrogen and oxygen atoms in total. The van der Waals surface area contributed by atoms with E-state index >= 15 is 0 Å². The molecule has 0 saturated carbocycles. The second-order valence-electron chi connectivity index (χ2n) is 3.99. The summed E-state index contributed by atoms with van der Waals surface area (Å²) in [4.78, 5) is 22.2. The number of halogens is 2. The Labute approximate surface area is 119 Å². The fraction of sp³-hybridized carbons (Fsp3) is 0.385. The second kappa shape index (κ2) is 7.41. The average Bonchev–Trinajstić information content (AvgIpc) is 2.37. The van der Waals surface area contributed by atoms with Crippen LogP contribution in [0.2, 0.25) is 0 Å². The van der Waals surface area contributed by atoms with Gasteiger partial charge in [0, 0.05) is 6.92 Å². The van der Waals surface area contributed by atoms with Crippen LogP contribution in [0.5, 0.6) is 11.5 Å². The van der Waals surface area contributed by atoms with E-state index in [1.54, 1.807) is 6.92 Å². The summed E-state index contributed by atoms with van der Waals surface area (Å²) in [6.45, 7) is -0.0312. The normalized spacial score (nSPS) is 11.9. The molecule has 0 aliphatic rings. The molecule has 1 aromatic rings. The second-order valence-corrected chi connectivity index (χ2v) is 3.99. The number of carboxylic acids is 1. The number of hydrogen-bond donors (Lipinski definition) is 2. The van der Waals surface area contributed by atoms with Crippen molar-refractivity contribution in [1.82, 2.24) is 5.32 Å². The standard InChI is InChI=1S/C13H15F2NO5/c1-3-20-10-6-8(4-5-9(10)21-13(14)15)11(12(18)19)16-7(2)17/h4-6,11,13H,3H2,1-2H3,(H,16,17)(H,18,19). The maximum atomic E-state index is 12.3. The predicted octanol–water partition coefficient (Wildman–Crippen LogP) is 1.95. The third-order valence-electron chi connectivity index (χ3n) is 2.41. The molecule has 0 saturated heterocycles. The first-order valence-corrected chi connectivity index (χ1v) is 6.06. The van der Waals surface area contributed by atoms with Crippen molar-refractivity contribution in [1.29, 1.82) is 0 Å². The van der Waals surface area contributed by atoms with Crippen molar-refractivity contribution in [2.24, 2.45) is 0 Å². The molecule has 116 valence electrons. The van der Waals surface area contributed by atoms with Crippen molar-refractivity contribution >= 4 is 11.9 Å². The van der Waals surface area contributed by atoms with Crippen molar-refractivity contribution < 1.29 is 33.0 Å². The van der Waals surface area contributed by atoms with Crippen LogP contribution >= 0.6 is 0 Å². The highest BCUT2D eigenvalue weighted by Gasteiger charge is 2.23. The molecule has 1 atom stereocenters. The molecule has 21 heavy (non-hydrogen) atoms. The lowest BCUT2D eigenvalue weighted by Gasteiger charge is -2.17. The van der Waals surface area contributed by atoms with Gasteiger partial charge in [0.15, 0.2) is 17.5 Å². The van der Waals surface area contributed by atoms with Crippen molar-refractivity contribution in [3.63, 3.8) is 0 Å². The van der Waals surface area contributed by atoms with Gasteiger partial charge in [0.25, 0.3) is 0 Å². The van der Waals surface area contributed by atoms with Crippen LogP contribution in [0, 0.1) is 0 Å². The van der Waals surface area contributed by atoms with E-state index < -0.39 is 24.5 Å². The van der Waals surface area contributed by atoms with Crippen LogP contribution in [-0.2, 0) is 9.59 Å². The zero-order valence-corrected chi connectivity index (χ0v) is 11.4.